The minimum absolute atomic E-state index is 0.0358. The topological polar surface area (TPSA) is 67.6 Å². The van der Waals surface area contributed by atoms with E-state index in [1.807, 2.05) is 25.3 Å². The van der Waals surface area contributed by atoms with E-state index in [1.54, 1.807) is 0 Å². The van der Waals surface area contributed by atoms with E-state index in [2.05, 4.69) is 15.6 Å². The summed E-state index contributed by atoms with van der Waals surface area (Å²) in [5, 5.41) is 10.3. The zero-order valence-electron chi connectivity index (χ0n) is 14.8. The number of nitrogens with two attached hydrogens (primary N) is 1. The summed E-state index contributed by atoms with van der Waals surface area (Å²) in [7, 11) is 0. The van der Waals surface area contributed by atoms with Crippen LogP contribution in [0, 0.1) is 24.1 Å². The Kier molecular flexibility index (Phi) is 4.12. The van der Waals surface area contributed by atoms with Crippen LogP contribution in [-0.2, 0) is 0 Å². The van der Waals surface area contributed by atoms with Gasteiger partial charge in [0.25, 0.3) is 0 Å². The van der Waals surface area contributed by atoms with E-state index in [0.29, 0.717) is 17.2 Å². The highest BCUT2D eigenvalue weighted by molar-refractivity contribution is 5.97. The molecule has 2 N–H and O–H groups in total. The first kappa shape index (κ1) is 16.6. The summed E-state index contributed by atoms with van der Waals surface area (Å²) in [5.74, 6) is -0.457. The molecule has 0 amide bonds. The number of rotatable bonds is 2. The molecule has 0 bridgehead atoms. The molecule has 1 aliphatic carbocycles. The van der Waals surface area contributed by atoms with Crippen LogP contribution in [0.3, 0.4) is 0 Å². The molecule has 1 saturated carbocycles. The Morgan fingerprint density at radius 3 is 2.69 bits per heavy atom. The minimum Gasteiger partial charge on any atom is -0.395 e. The molecule has 132 valence electrons. The molecule has 4 nitrogen and oxygen atoms in total. The molecule has 1 fully saturated rings. The van der Waals surface area contributed by atoms with Crippen LogP contribution in [0.1, 0.15) is 49.3 Å². The van der Waals surface area contributed by atoms with Gasteiger partial charge in [-0.05, 0) is 37.5 Å². The lowest BCUT2D eigenvalue weighted by molar-refractivity contribution is 0.361. The third kappa shape index (κ3) is 2.62. The number of pyridine rings is 1. The number of hydrogen-bond donors (Lipinski definition) is 1. The predicted molar refractivity (Wildman–Crippen MR) is 101 cm³/mol. The monoisotopic (exact) mass is 348 g/mol. The summed E-state index contributed by atoms with van der Waals surface area (Å²) in [5.41, 5.74) is 9.50. The van der Waals surface area contributed by atoms with E-state index in [0.717, 1.165) is 34.9 Å². The number of hydrogen-bond acceptors (Lipinski definition) is 3. The van der Waals surface area contributed by atoms with Crippen LogP contribution in [-0.4, -0.2) is 9.55 Å². The first-order valence-electron chi connectivity index (χ1n) is 9.04. The van der Waals surface area contributed by atoms with Crippen LogP contribution >= 0.6 is 0 Å². The van der Waals surface area contributed by atoms with Crippen LogP contribution in [0.4, 0.5) is 10.1 Å². The van der Waals surface area contributed by atoms with Crippen molar-refractivity contribution in [3.8, 4) is 17.2 Å². The fraction of sp³-hybridized carbons (Fsp3) is 0.333. The van der Waals surface area contributed by atoms with Gasteiger partial charge in [0.15, 0.2) is 5.82 Å². The molecule has 0 atom stereocenters. The summed E-state index contributed by atoms with van der Waals surface area (Å²) in [6, 6.07) is 6.55. The number of anilines is 1. The lowest BCUT2D eigenvalue weighted by Gasteiger charge is -2.24. The van der Waals surface area contributed by atoms with Gasteiger partial charge in [-0.1, -0.05) is 19.3 Å². The Bertz CT molecular complexity index is 1020. The Labute approximate surface area is 152 Å². The molecule has 0 aliphatic heterocycles. The number of aryl methyl sites for hydroxylation is 1. The predicted octanol–water partition coefficient (Wildman–Crippen LogP) is 5.11. The minimum atomic E-state index is -0.457. The smallest absolute Gasteiger partial charge is 0.157 e. The van der Waals surface area contributed by atoms with Gasteiger partial charge in [0.05, 0.1) is 23.5 Å². The van der Waals surface area contributed by atoms with Crippen molar-refractivity contribution >= 4 is 16.6 Å². The quantitative estimate of drug-likeness (QED) is 0.700. The van der Waals surface area contributed by atoms with Crippen LogP contribution in [0.15, 0.2) is 30.7 Å². The molecule has 5 heteroatoms. The standard InChI is InChI=1S/C21H21FN4/c1-13-7-20-16(8-14(13)9-23)18(17-10-25-11-19(24)21(17)22)12-26(20)15-5-3-2-4-6-15/h7-8,10-12,15H,2-6,24H2,1H3. The first-order valence-corrected chi connectivity index (χ1v) is 9.04. The molecule has 0 spiro atoms. The molecule has 1 aromatic carbocycles. The Hall–Kier alpha value is -2.87. The number of halogens is 1. The van der Waals surface area contributed by atoms with Gasteiger partial charge >= 0.3 is 0 Å². The van der Waals surface area contributed by atoms with E-state index < -0.39 is 5.82 Å². The second-order valence-electron chi connectivity index (χ2n) is 7.13. The van der Waals surface area contributed by atoms with E-state index in [1.165, 1.54) is 31.7 Å². The number of nitrogens with zero attached hydrogens (tertiary/aromatic N) is 3. The number of benzene rings is 1. The fourth-order valence-electron chi connectivity index (χ4n) is 4.05. The molecule has 0 radical (unpaired) electrons. The molecular weight excluding hydrogens is 327 g/mol. The van der Waals surface area contributed by atoms with Crippen LogP contribution in [0.5, 0.6) is 0 Å². The average molecular weight is 348 g/mol. The van der Waals surface area contributed by atoms with Gasteiger partial charge in [-0.15, -0.1) is 0 Å². The van der Waals surface area contributed by atoms with Gasteiger partial charge in [-0.2, -0.15) is 5.26 Å². The third-order valence-corrected chi connectivity index (χ3v) is 5.47. The number of aromatic nitrogens is 2. The summed E-state index contributed by atoms with van der Waals surface area (Å²) in [6.45, 7) is 1.94. The molecule has 26 heavy (non-hydrogen) atoms. The molecule has 3 aromatic rings. The first-order chi connectivity index (χ1) is 12.6. The van der Waals surface area contributed by atoms with E-state index in [4.69, 9.17) is 5.73 Å². The molecule has 1 aliphatic rings. The Balaban J connectivity index is 2.00. The van der Waals surface area contributed by atoms with Crippen molar-refractivity contribution in [2.75, 3.05) is 5.73 Å². The fourth-order valence-corrected chi connectivity index (χ4v) is 4.05. The van der Waals surface area contributed by atoms with Crippen molar-refractivity contribution in [3.05, 3.63) is 47.7 Å². The maximum atomic E-state index is 14.7. The highest BCUT2D eigenvalue weighted by Crippen LogP contribution is 2.39. The van der Waals surface area contributed by atoms with Crippen LogP contribution < -0.4 is 5.73 Å². The Morgan fingerprint density at radius 1 is 1.19 bits per heavy atom. The van der Waals surface area contributed by atoms with Crippen molar-refractivity contribution in [1.82, 2.24) is 9.55 Å². The summed E-state index contributed by atoms with van der Waals surface area (Å²) in [6.07, 6.45) is 10.8. The van der Waals surface area contributed by atoms with Gasteiger partial charge in [0.1, 0.15) is 0 Å². The lowest BCUT2D eigenvalue weighted by Crippen LogP contribution is -2.11. The Morgan fingerprint density at radius 2 is 1.96 bits per heavy atom. The highest BCUT2D eigenvalue weighted by Gasteiger charge is 2.22. The van der Waals surface area contributed by atoms with Crippen LogP contribution in [0.2, 0.25) is 0 Å². The van der Waals surface area contributed by atoms with Crippen molar-refractivity contribution in [2.24, 2.45) is 0 Å². The highest BCUT2D eigenvalue weighted by atomic mass is 19.1. The van der Waals surface area contributed by atoms with Gasteiger partial charge in [-0.25, -0.2) is 4.39 Å². The number of nitrogen functional groups attached to an aromatic ring is 1. The summed E-state index contributed by atoms with van der Waals surface area (Å²) in [4.78, 5) is 4.07. The summed E-state index contributed by atoms with van der Waals surface area (Å²) >= 11 is 0. The van der Waals surface area contributed by atoms with Gasteiger partial charge in [0, 0.05) is 40.5 Å². The molecule has 4 rings (SSSR count). The lowest BCUT2D eigenvalue weighted by atomic mass is 9.95. The van der Waals surface area contributed by atoms with Gasteiger partial charge < -0.3 is 10.3 Å². The molecular formula is C21H21FN4. The molecule has 2 heterocycles. The normalized spacial score (nSPS) is 15.3. The zero-order valence-corrected chi connectivity index (χ0v) is 14.8. The van der Waals surface area contributed by atoms with Gasteiger partial charge in [0.2, 0.25) is 0 Å². The average Bonchev–Trinajstić information content (AvgIpc) is 3.02. The maximum absolute atomic E-state index is 14.7. The third-order valence-electron chi connectivity index (χ3n) is 5.47. The largest absolute Gasteiger partial charge is 0.395 e. The SMILES string of the molecule is Cc1cc2c(cc1C#N)c(-c1cncc(N)c1F)cn2C1CCCCC1. The number of nitriles is 1. The van der Waals surface area contributed by atoms with E-state index in [-0.39, 0.29) is 5.69 Å². The van der Waals surface area contributed by atoms with Gasteiger partial charge in [-0.3, -0.25) is 4.98 Å². The van der Waals surface area contributed by atoms with E-state index in [9.17, 15) is 9.65 Å². The van der Waals surface area contributed by atoms with Crippen molar-refractivity contribution < 1.29 is 4.39 Å². The summed E-state index contributed by atoms with van der Waals surface area (Å²) < 4.78 is 17.0. The molecule has 0 unspecified atom stereocenters. The van der Waals surface area contributed by atoms with Crippen LogP contribution in [0.25, 0.3) is 22.0 Å². The maximum Gasteiger partial charge on any atom is 0.157 e. The number of fused-ring (bicyclic) bond motifs is 1. The van der Waals surface area contributed by atoms with Crippen molar-refractivity contribution in [3.63, 3.8) is 0 Å². The second kappa shape index (κ2) is 6.45. The van der Waals surface area contributed by atoms with E-state index >= 15 is 0 Å². The second-order valence-corrected chi connectivity index (χ2v) is 7.13. The van der Waals surface area contributed by atoms with Crippen molar-refractivity contribution in [1.29, 1.82) is 5.26 Å². The zero-order chi connectivity index (χ0) is 18.3. The molecule has 0 saturated heterocycles. The molecule has 2 aromatic heterocycles. The van der Waals surface area contributed by atoms with Crippen molar-refractivity contribution in [2.45, 2.75) is 45.1 Å².